The molecule has 0 N–H and O–H groups in total. The molecule has 26 heavy (non-hydrogen) atoms. The summed E-state index contributed by atoms with van der Waals surface area (Å²) >= 11 is -5.74. The third-order valence-corrected chi connectivity index (χ3v) is 15.5. The van der Waals surface area contributed by atoms with E-state index in [-0.39, 0.29) is 0 Å². The first-order valence-corrected chi connectivity index (χ1v) is 13.7. The first-order chi connectivity index (χ1) is 12.2. The van der Waals surface area contributed by atoms with Gasteiger partial charge in [0.1, 0.15) is 0 Å². The van der Waals surface area contributed by atoms with Crippen molar-refractivity contribution in [3.63, 3.8) is 0 Å². The second-order valence-electron chi connectivity index (χ2n) is 7.86. The van der Waals surface area contributed by atoms with Crippen LogP contribution in [0.1, 0.15) is 49.4 Å². The summed E-state index contributed by atoms with van der Waals surface area (Å²) in [5.74, 6) is 0. The molecule has 0 aliphatic heterocycles. The molecule has 0 bridgehead atoms. The van der Waals surface area contributed by atoms with Crippen molar-refractivity contribution in [3.05, 3.63) is 82.0 Å². The van der Waals surface area contributed by atoms with Gasteiger partial charge in [-0.15, -0.1) is 0 Å². The number of rotatable bonds is 2. The standard InChI is InChI=1S/C13H9.C10H15.2FH.Zr/c1-3-7-12-10(5-1)9-11-6-2-4-8-13(11)12;1-6-7(2)9(4)10(5)8(6)3;;;/h1-9H;1-5H3;2*1H;/q;;;;+2/p-2. The van der Waals surface area contributed by atoms with Crippen LogP contribution in [0.25, 0.3) is 11.1 Å². The van der Waals surface area contributed by atoms with Crippen molar-refractivity contribution in [2.45, 2.75) is 41.4 Å². The van der Waals surface area contributed by atoms with Gasteiger partial charge in [0.2, 0.25) is 0 Å². The van der Waals surface area contributed by atoms with Crippen molar-refractivity contribution >= 4 is 0 Å². The van der Waals surface area contributed by atoms with E-state index < -0.39 is 28.2 Å². The van der Waals surface area contributed by atoms with Crippen LogP contribution in [0.2, 0.25) is 3.12 Å². The molecule has 0 saturated heterocycles. The molecule has 0 heterocycles. The van der Waals surface area contributed by atoms with Gasteiger partial charge < -0.3 is 0 Å². The molecule has 0 spiro atoms. The molecule has 2 aromatic carbocycles. The van der Waals surface area contributed by atoms with Crippen LogP contribution in [0.4, 0.5) is 5.25 Å². The molecule has 0 unspecified atom stereocenters. The van der Waals surface area contributed by atoms with Crippen molar-refractivity contribution in [3.8, 4) is 11.1 Å². The van der Waals surface area contributed by atoms with Gasteiger partial charge in [-0.2, -0.15) is 0 Å². The maximum absolute atomic E-state index is 16.6. The predicted octanol–water partition coefficient (Wildman–Crippen LogP) is 7.54. The van der Waals surface area contributed by atoms with Gasteiger partial charge in [-0.3, -0.25) is 0 Å². The number of halogens is 2. The Labute approximate surface area is 160 Å². The molecule has 134 valence electrons. The van der Waals surface area contributed by atoms with E-state index in [1.165, 1.54) is 0 Å². The SMILES string of the molecule is CC1=C(C)[C](C)([Zr]([F])([F])[CH]2c3ccccc3-c3ccccc32)C(C)=C1C. The van der Waals surface area contributed by atoms with Crippen molar-refractivity contribution in [1.29, 1.82) is 0 Å². The molecule has 0 nitrogen and oxygen atoms in total. The van der Waals surface area contributed by atoms with E-state index in [1.54, 1.807) is 0 Å². The molecule has 0 atom stereocenters. The molecule has 2 aromatic rings. The summed E-state index contributed by atoms with van der Waals surface area (Å²) < 4.78 is 31.4. The first-order valence-electron chi connectivity index (χ1n) is 9.15. The fraction of sp³-hybridized carbons (Fsp3) is 0.304. The Morgan fingerprint density at radius 3 is 1.54 bits per heavy atom. The van der Waals surface area contributed by atoms with Crippen LogP contribution >= 0.6 is 0 Å². The zero-order valence-corrected chi connectivity index (χ0v) is 18.4. The second-order valence-corrected chi connectivity index (χ2v) is 14.8. The monoisotopic (exact) mass is 428 g/mol. The fourth-order valence-electron chi connectivity index (χ4n) is 4.93. The van der Waals surface area contributed by atoms with Gasteiger partial charge in [0.25, 0.3) is 0 Å². The maximum atomic E-state index is 16.6. The molecule has 3 heteroatoms. The number of allylic oxidation sites excluding steroid dienone is 4. The molecule has 0 amide bonds. The summed E-state index contributed by atoms with van der Waals surface area (Å²) in [5.41, 5.74) is 7.52. The van der Waals surface area contributed by atoms with E-state index in [9.17, 15) is 0 Å². The van der Waals surface area contributed by atoms with Gasteiger partial charge in [0, 0.05) is 0 Å². The van der Waals surface area contributed by atoms with Crippen molar-refractivity contribution in [2.75, 3.05) is 0 Å². The van der Waals surface area contributed by atoms with Gasteiger partial charge in [-0.25, -0.2) is 0 Å². The van der Waals surface area contributed by atoms with Gasteiger partial charge in [-0.1, -0.05) is 0 Å². The van der Waals surface area contributed by atoms with Gasteiger partial charge in [0.05, 0.1) is 0 Å². The number of benzene rings is 2. The Bertz CT molecular complexity index is 912. The summed E-state index contributed by atoms with van der Waals surface area (Å²) in [6, 6.07) is 15.5. The summed E-state index contributed by atoms with van der Waals surface area (Å²) in [7, 11) is 0. The Balaban J connectivity index is 1.99. The minimum atomic E-state index is -5.74. The average Bonchev–Trinajstić information content (AvgIpc) is 3.06. The summed E-state index contributed by atoms with van der Waals surface area (Å²) in [5, 5.41) is 0. The molecule has 2 aliphatic carbocycles. The van der Waals surface area contributed by atoms with Gasteiger partial charge >= 0.3 is 161 Å². The van der Waals surface area contributed by atoms with Crippen molar-refractivity contribution in [1.82, 2.24) is 0 Å². The minimum absolute atomic E-state index is 0.717. The zero-order chi connectivity index (χ0) is 18.9. The Hall–Kier alpha value is -1.34. The summed E-state index contributed by atoms with van der Waals surface area (Å²) in [6.07, 6.45) is 0. The summed E-state index contributed by atoms with van der Waals surface area (Å²) in [6.45, 7) is 9.66. The van der Waals surface area contributed by atoms with Gasteiger partial charge in [0.15, 0.2) is 0 Å². The predicted molar refractivity (Wildman–Crippen MR) is 101 cm³/mol. The molecule has 4 rings (SSSR count). The van der Waals surface area contributed by atoms with E-state index in [0.29, 0.717) is 0 Å². The van der Waals surface area contributed by atoms with Gasteiger partial charge in [-0.05, 0) is 0 Å². The third-order valence-electron chi connectivity index (χ3n) is 7.05. The molecule has 0 fully saturated rings. The van der Waals surface area contributed by atoms with Crippen LogP contribution in [0.5, 0.6) is 0 Å². The van der Waals surface area contributed by atoms with E-state index >= 15 is 5.25 Å². The molecule has 0 radical (unpaired) electrons. The number of fused-ring (bicyclic) bond motifs is 3. The van der Waals surface area contributed by atoms with E-state index in [2.05, 4.69) is 0 Å². The van der Waals surface area contributed by atoms with E-state index in [4.69, 9.17) is 0 Å². The molecule has 0 aromatic heterocycles. The van der Waals surface area contributed by atoms with Crippen LogP contribution in [-0.4, -0.2) is 0 Å². The zero-order valence-electron chi connectivity index (χ0n) is 16.0. The average molecular weight is 430 g/mol. The van der Waals surface area contributed by atoms with Crippen LogP contribution in [-0.2, 0) is 21.5 Å². The Morgan fingerprint density at radius 2 is 1.12 bits per heavy atom. The molecule has 2 aliphatic rings. The molecular weight excluding hydrogens is 405 g/mol. The van der Waals surface area contributed by atoms with Crippen molar-refractivity contribution in [2.24, 2.45) is 0 Å². The molecule has 0 saturated carbocycles. The first kappa shape index (κ1) is 18.0. The third kappa shape index (κ3) is 2.07. The molecular formula is C23H24F2Zr. The second kappa shape index (κ2) is 5.83. The number of hydrogen-bond donors (Lipinski definition) is 0. The van der Waals surface area contributed by atoms with Crippen LogP contribution < -0.4 is 0 Å². The summed E-state index contributed by atoms with van der Waals surface area (Å²) in [4.78, 5) is 0. The van der Waals surface area contributed by atoms with E-state index in [1.807, 2.05) is 83.1 Å². The Kier molecular flexibility index (Phi) is 4.05. The van der Waals surface area contributed by atoms with E-state index in [0.717, 1.165) is 44.5 Å². The topological polar surface area (TPSA) is 0 Å². The van der Waals surface area contributed by atoms with Crippen LogP contribution in [0.3, 0.4) is 0 Å². The number of hydrogen-bond acceptors (Lipinski definition) is 0. The van der Waals surface area contributed by atoms with Crippen molar-refractivity contribution < 1.29 is 26.7 Å². The fourth-order valence-corrected chi connectivity index (χ4v) is 12.9. The quantitative estimate of drug-likeness (QED) is 0.462. The van der Waals surface area contributed by atoms with Crippen LogP contribution in [0.15, 0.2) is 70.8 Å². The Morgan fingerprint density at radius 1 is 0.731 bits per heavy atom. The van der Waals surface area contributed by atoms with Crippen LogP contribution in [0, 0.1) is 0 Å². The normalized spacial score (nSPS) is 19.2.